The molecule has 0 aliphatic carbocycles. The van der Waals surface area contributed by atoms with Crippen LogP contribution in [0.1, 0.15) is 37.2 Å². The normalized spacial score (nSPS) is 20.8. The molecule has 2 aliphatic rings. The number of piperidine rings is 2. The Balaban J connectivity index is 1.32. The molecule has 2 aromatic rings. The molecule has 0 radical (unpaired) electrons. The molecule has 140 valence electrons. The van der Waals surface area contributed by atoms with Crippen molar-refractivity contribution in [1.82, 2.24) is 34.5 Å². The van der Waals surface area contributed by atoms with E-state index in [1.54, 1.807) is 12.7 Å². The van der Waals surface area contributed by atoms with E-state index in [2.05, 4.69) is 30.0 Å². The van der Waals surface area contributed by atoms with Crippen LogP contribution >= 0.6 is 0 Å². The van der Waals surface area contributed by atoms with Crippen LogP contribution < -0.4 is 0 Å². The molecular weight excluding hydrogens is 330 g/mol. The van der Waals surface area contributed by atoms with E-state index in [1.807, 2.05) is 17.8 Å². The first kappa shape index (κ1) is 17.2. The molecule has 8 nitrogen and oxygen atoms in total. The zero-order valence-corrected chi connectivity index (χ0v) is 15.4. The van der Waals surface area contributed by atoms with Crippen molar-refractivity contribution in [2.24, 2.45) is 12.5 Å². The van der Waals surface area contributed by atoms with Crippen LogP contribution in [-0.2, 0) is 24.8 Å². The predicted octanol–water partition coefficient (Wildman–Crippen LogP) is 0.985. The summed E-state index contributed by atoms with van der Waals surface area (Å²) in [5, 5.41) is 8.16. The van der Waals surface area contributed by atoms with E-state index < -0.39 is 0 Å². The van der Waals surface area contributed by atoms with Gasteiger partial charge in [-0.25, -0.2) is 4.98 Å². The number of rotatable bonds is 5. The van der Waals surface area contributed by atoms with Gasteiger partial charge in [0.25, 0.3) is 0 Å². The molecule has 2 aliphatic heterocycles. The van der Waals surface area contributed by atoms with Crippen molar-refractivity contribution in [1.29, 1.82) is 0 Å². The molecule has 4 rings (SSSR count). The van der Waals surface area contributed by atoms with Crippen molar-refractivity contribution in [2.75, 3.05) is 26.2 Å². The minimum absolute atomic E-state index is 0.290. The second kappa shape index (κ2) is 7.19. The van der Waals surface area contributed by atoms with E-state index in [0.717, 1.165) is 69.9 Å². The summed E-state index contributed by atoms with van der Waals surface area (Å²) in [5.74, 6) is 1.32. The number of nitrogens with one attached hydrogen (secondary N) is 1. The van der Waals surface area contributed by atoms with Crippen molar-refractivity contribution in [3.05, 3.63) is 30.4 Å². The maximum atomic E-state index is 12.4. The number of likely N-dealkylation sites (tertiary alicyclic amines) is 2. The molecule has 8 heteroatoms. The molecular formula is C18H27N7O. The first-order valence-electron chi connectivity index (χ1n) is 9.44. The first-order valence-corrected chi connectivity index (χ1v) is 9.44. The van der Waals surface area contributed by atoms with Gasteiger partial charge in [0.2, 0.25) is 5.91 Å². The third kappa shape index (κ3) is 3.65. The Morgan fingerprint density at radius 1 is 1.27 bits per heavy atom. The van der Waals surface area contributed by atoms with Crippen molar-refractivity contribution in [3.63, 3.8) is 0 Å². The molecule has 0 unspecified atom stereocenters. The van der Waals surface area contributed by atoms with Crippen molar-refractivity contribution in [3.8, 4) is 0 Å². The van der Waals surface area contributed by atoms with Crippen LogP contribution in [0, 0.1) is 5.41 Å². The number of nitrogens with zero attached hydrogens (tertiary/aromatic N) is 6. The molecule has 0 aromatic carbocycles. The Kier molecular flexibility index (Phi) is 4.76. The van der Waals surface area contributed by atoms with Crippen LogP contribution in [0.2, 0.25) is 0 Å². The van der Waals surface area contributed by atoms with Crippen molar-refractivity contribution >= 4 is 5.91 Å². The maximum Gasteiger partial charge on any atom is 0.222 e. The Bertz CT molecular complexity index is 731. The monoisotopic (exact) mass is 357 g/mol. The quantitative estimate of drug-likeness (QED) is 0.863. The van der Waals surface area contributed by atoms with Gasteiger partial charge in [-0.05, 0) is 37.8 Å². The summed E-state index contributed by atoms with van der Waals surface area (Å²) in [7, 11) is 1.99. The lowest BCUT2D eigenvalue weighted by Crippen LogP contribution is -2.51. The number of amides is 1. The number of carbonyl (C=O) groups is 1. The van der Waals surface area contributed by atoms with E-state index >= 15 is 0 Å². The lowest BCUT2D eigenvalue weighted by Gasteiger charge is -2.47. The average molecular weight is 357 g/mol. The van der Waals surface area contributed by atoms with Crippen LogP contribution in [0.4, 0.5) is 0 Å². The fourth-order valence-electron chi connectivity index (χ4n) is 4.23. The van der Waals surface area contributed by atoms with Crippen molar-refractivity contribution in [2.45, 2.75) is 38.6 Å². The Hall–Kier alpha value is -2.22. The zero-order chi connectivity index (χ0) is 18.0. The summed E-state index contributed by atoms with van der Waals surface area (Å²) in [4.78, 5) is 24.1. The topological polar surface area (TPSA) is 82.9 Å². The molecule has 0 saturated carbocycles. The minimum Gasteiger partial charge on any atom is -0.348 e. The lowest BCUT2D eigenvalue weighted by atomic mass is 9.72. The van der Waals surface area contributed by atoms with Gasteiger partial charge in [0, 0.05) is 44.9 Å². The van der Waals surface area contributed by atoms with Crippen LogP contribution in [0.3, 0.4) is 0 Å². The summed E-state index contributed by atoms with van der Waals surface area (Å²) >= 11 is 0. The molecule has 1 N–H and O–H groups in total. The number of H-pyrrole nitrogens is 1. The number of hydrogen-bond acceptors (Lipinski definition) is 5. The average Bonchev–Trinajstić information content (AvgIpc) is 3.30. The van der Waals surface area contributed by atoms with E-state index in [-0.39, 0.29) is 5.41 Å². The Morgan fingerprint density at radius 3 is 2.81 bits per heavy atom. The summed E-state index contributed by atoms with van der Waals surface area (Å²) in [5.41, 5.74) is 1.38. The van der Waals surface area contributed by atoms with Crippen LogP contribution in [0.5, 0.6) is 0 Å². The highest BCUT2D eigenvalue weighted by atomic mass is 16.2. The highest BCUT2D eigenvalue weighted by Crippen LogP contribution is 2.40. The fraction of sp³-hybridized carbons (Fsp3) is 0.667. The second-order valence-corrected chi connectivity index (χ2v) is 7.78. The number of carbonyl (C=O) groups excluding carboxylic acids is 1. The number of hydrogen-bond donors (Lipinski definition) is 1. The van der Waals surface area contributed by atoms with Gasteiger partial charge in [-0.15, -0.1) is 10.2 Å². The molecule has 2 fully saturated rings. The maximum absolute atomic E-state index is 12.4. The SMILES string of the molecule is Cn1cnnc1CN1CCC2(CCC(=O)N(CCc3cnc[nH]3)C2)CC1. The van der Waals surface area contributed by atoms with Crippen LogP contribution in [-0.4, -0.2) is 66.6 Å². The van der Waals surface area contributed by atoms with E-state index in [0.29, 0.717) is 12.3 Å². The Morgan fingerprint density at radius 2 is 2.12 bits per heavy atom. The summed E-state index contributed by atoms with van der Waals surface area (Å²) in [6.45, 7) is 4.67. The third-order valence-electron chi connectivity index (χ3n) is 6.04. The van der Waals surface area contributed by atoms with E-state index in [9.17, 15) is 4.79 Å². The van der Waals surface area contributed by atoms with Crippen molar-refractivity contribution < 1.29 is 4.79 Å². The zero-order valence-electron chi connectivity index (χ0n) is 15.4. The van der Waals surface area contributed by atoms with Gasteiger partial charge in [0.1, 0.15) is 12.2 Å². The molecule has 0 atom stereocenters. The predicted molar refractivity (Wildman–Crippen MR) is 96.1 cm³/mol. The molecule has 1 spiro atoms. The molecule has 2 saturated heterocycles. The lowest BCUT2D eigenvalue weighted by molar-refractivity contribution is -0.139. The highest BCUT2D eigenvalue weighted by molar-refractivity contribution is 5.77. The smallest absolute Gasteiger partial charge is 0.222 e. The molecule has 1 amide bonds. The third-order valence-corrected chi connectivity index (χ3v) is 6.04. The number of imidazole rings is 1. The van der Waals surface area contributed by atoms with E-state index in [1.165, 1.54) is 0 Å². The van der Waals surface area contributed by atoms with Gasteiger partial charge in [-0.3, -0.25) is 9.69 Å². The largest absolute Gasteiger partial charge is 0.348 e. The van der Waals surface area contributed by atoms with Gasteiger partial charge in [0.15, 0.2) is 0 Å². The van der Waals surface area contributed by atoms with Gasteiger partial charge in [-0.1, -0.05) is 0 Å². The minimum atomic E-state index is 0.290. The summed E-state index contributed by atoms with van der Waals surface area (Å²) in [6.07, 6.45) is 10.2. The van der Waals surface area contributed by atoms with Crippen LogP contribution in [0.25, 0.3) is 0 Å². The number of aromatic amines is 1. The molecule has 0 bridgehead atoms. The number of aryl methyl sites for hydroxylation is 1. The highest BCUT2D eigenvalue weighted by Gasteiger charge is 2.40. The number of aromatic nitrogens is 5. The standard InChI is InChI=1S/C18H27N7O/c1-23-14-21-22-16(23)11-24-8-5-18(6-9-24)4-2-17(26)25(12-18)7-3-15-10-19-13-20-15/h10,13-14H,2-9,11-12H2,1H3,(H,19,20). The Labute approximate surface area is 153 Å². The summed E-state index contributed by atoms with van der Waals surface area (Å²) < 4.78 is 1.99. The fourth-order valence-corrected chi connectivity index (χ4v) is 4.23. The van der Waals surface area contributed by atoms with Gasteiger partial charge in [0.05, 0.1) is 12.9 Å². The first-order chi connectivity index (χ1) is 12.6. The van der Waals surface area contributed by atoms with E-state index in [4.69, 9.17) is 0 Å². The summed E-state index contributed by atoms with van der Waals surface area (Å²) in [6, 6.07) is 0. The van der Waals surface area contributed by atoms with Gasteiger partial charge >= 0.3 is 0 Å². The van der Waals surface area contributed by atoms with Gasteiger partial charge < -0.3 is 14.5 Å². The molecule has 26 heavy (non-hydrogen) atoms. The second-order valence-electron chi connectivity index (χ2n) is 7.78. The molecule has 4 heterocycles. The van der Waals surface area contributed by atoms with Gasteiger partial charge in [-0.2, -0.15) is 0 Å². The molecule has 2 aromatic heterocycles. The van der Waals surface area contributed by atoms with Crippen LogP contribution in [0.15, 0.2) is 18.9 Å².